The van der Waals surface area contributed by atoms with Crippen LogP contribution >= 0.6 is 0 Å². The second kappa shape index (κ2) is 17.6. The minimum Gasteiger partial charge on any atom is -0.850 e. The normalized spacial score (nSPS) is 11.4. The third kappa shape index (κ3) is 9.63. The third-order valence-corrected chi connectivity index (χ3v) is 8.74. The van der Waals surface area contributed by atoms with E-state index in [4.69, 9.17) is 0 Å². The van der Waals surface area contributed by atoms with E-state index < -0.39 is 29.8 Å². The quantitative estimate of drug-likeness (QED) is 0.0989. The van der Waals surface area contributed by atoms with Gasteiger partial charge >= 0.3 is 57.6 Å². The molecule has 0 amide bonds. The van der Waals surface area contributed by atoms with Crippen LogP contribution in [0.2, 0.25) is 0 Å². The first-order chi connectivity index (χ1) is 26.1. The van der Waals surface area contributed by atoms with Crippen molar-refractivity contribution < 1.29 is 84.0 Å². The average Bonchev–Trinajstić information content (AvgIpc) is 3.67. The minimum absolute atomic E-state index is 0. The summed E-state index contributed by atoms with van der Waals surface area (Å²) in [4.78, 5) is 35.1. The molecule has 0 saturated carbocycles. The molecule has 278 valence electrons. The number of hydrogen-bond acceptors (Lipinski definition) is 4. The summed E-state index contributed by atoms with van der Waals surface area (Å²) < 4.78 is 41.7. The Morgan fingerprint density at radius 2 is 0.893 bits per heavy atom. The number of para-hydroxylation sites is 4. The zero-order valence-electron chi connectivity index (χ0n) is 31.7. The smallest absolute Gasteiger partial charge is 0.850 e. The molecule has 10 heteroatoms. The summed E-state index contributed by atoms with van der Waals surface area (Å²) in [5.74, 6) is -2.79. The maximum absolute atomic E-state index is 12.5. The molecule has 0 aliphatic heterocycles. The van der Waals surface area contributed by atoms with Crippen LogP contribution < -0.4 is 56.5 Å². The van der Waals surface area contributed by atoms with Gasteiger partial charge in [0, 0.05) is 44.0 Å². The topological polar surface area (TPSA) is 84.1 Å². The summed E-state index contributed by atoms with van der Waals surface area (Å²) in [5, 5.41) is 14.0. The van der Waals surface area contributed by atoms with E-state index in [0.29, 0.717) is 0 Å². The van der Waals surface area contributed by atoms with Gasteiger partial charge in [0.1, 0.15) is 0 Å². The van der Waals surface area contributed by atoms with E-state index >= 15 is 0 Å². The van der Waals surface area contributed by atoms with Crippen LogP contribution in [-0.4, -0.2) is 38.3 Å². The van der Waals surface area contributed by atoms with E-state index in [-0.39, 0.29) is 62.7 Å². The van der Waals surface area contributed by atoms with Gasteiger partial charge in [-0.3, -0.25) is 14.4 Å². The van der Waals surface area contributed by atoms with Crippen LogP contribution in [0.5, 0.6) is 0 Å². The summed E-state index contributed by atoms with van der Waals surface area (Å²) >= 11 is 0. The summed E-state index contributed by atoms with van der Waals surface area (Å²) in [6.45, 7) is 6.50. The van der Waals surface area contributed by atoms with Gasteiger partial charge in [-0.1, -0.05) is 93.6 Å². The van der Waals surface area contributed by atoms with E-state index in [2.05, 4.69) is 28.8 Å². The number of nitrogens with zero attached hydrogens (tertiary/aromatic N) is 2. The van der Waals surface area contributed by atoms with Crippen molar-refractivity contribution in [3.05, 3.63) is 157 Å². The first-order valence-electron chi connectivity index (χ1n) is 17.6. The number of fused-ring (bicyclic) bond motifs is 6. The predicted molar refractivity (Wildman–Crippen MR) is 211 cm³/mol. The summed E-state index contributed by atoms with van der Waals surface area (Å²) in [5.41, 5.74) is 6.17. The summed E-state index contributed by atoms with van der Waals surface area (Å²) in [6.07, 6.45) is -6.20. The maximum atomic E-state index is 12.5. The molecule has 2 heterocycles. The number of ketones is 3. The van der Waals surface area contributed by atoms with Gasteiger partial charge in [-0.25, -0.2) is 0 Å². The number of benzene rings is 6. The van der Waals surface area contributed by atoms with Crippen molar-refractivity contribution in [3.63, 3.8) is 0 Å². The van der Waals surface area contributed by atoms with Crippen LogP contribution in [-0.2, 0) is 4.79 Å². The second-order valence-electron chi connectivity index (χ2n) is 14.0. The average molecular weight is 779 g/mol. The van der Waals surface area contributed by atoms with Gasteiger partial charge in [0.2, 0.25) is 5.78 Å². The van der Waals surface area contributed by atoms with E-state index in [9.17, 15) is 32.7 Å². The molecule has 56 heavy (non-hydrogen) atoms. The molecule has 0 fully saturated rings. The molecule has 0 atom stereocenters. The summed E-state index contributed by atoms with van der Waals surface area (Å²) in [7, 11) is 0. The molecule has 0 radical (unpaired) electrons. The third-order valence-electron chi connectivity index (χ3n) is 8.74. The number of carbonyl (C=O) groups is 3. The molecule has 0 spiro atoms. The molecule has 0 aliphatic carbocycles. The molecule has 0 N–H and O–H groups in total. The van der Waals surface area contributed by atoms with Gasteiger partial charge in [0.05, 0.1) is 28.5 Å². The number of carbonyl (C=O) groups excluding carboxylic acids is 3. The number of aromatic nitrogens is 2. The number of Topliss-reactive ketones (excluding diaryl/α,β-unsaturated/α-hetero) is 3. The molecular weight excluding hydrogens is 741 g/mol. The van der Waals surface area contributed by atoms with Crippen molar-refractivity contribution in [2.75, 3.05) is 0 Å². The molecule has 0 saturated heterocycles. The van der Waals surface area contributed by atoms with Crippen LogP contribution in [0.25, 0.3) is 55.0 Å². The van der Waals surface area contributed by atoms with Crippen molar-refractivity contribution in [3.8, 4) is 11.4 Å². The molecule has 8 aromatic rings. The molecule has 6 nitrogen and oxygen atoms in total. The van der Waals surface area contributed by atoms with Gasteiger partial charge in [-0.2, -0.15) is 13.2 Å². The van der Waals surface area contributed by atoms with Crippen LogP contribution in [0.3, 0.4) is 0 Å². The van der Waals surface area contributed by atoms with Crippen LogP contribution in [0.4, 0.5) is 13.2 Å². The largest absolute Gasteiger partial charge is 1.00 e. The van der Waals surface area contributed by atoms with Crippen LogP contribution in [0.1, 0.15) is 54.8 Å². The second-order valence-corrected chi connectivity index (χ2v) is 14.0. The Kier molecular flexibility index (Phi) is 13.4. The fourth-order valence-corrected chi connectivity index (χ4v) is 6.40. The van der Waals surface area contributed by atoms with Crippen LogP contribution in [0, 0.1) is 0 Å². The molecule has 0 unspecified atom stereocenters. The molecule has 8 rings (SSSR count). The van der Waals surface area contributed by atoms with Crippen molar-refractivity contribution in [1.29, 1.82) is 0 Å². The summed E-state index contributed by atoms with van der Waals surface area (Å²) in [6, 6.07) is 46.5. The molecule has 2 aromatic heterocycles. The van der Waals surface area contributed by atoms with Crippen molar-refractivity contribution >= 4 is 61.0 Å². The Bertz CT molecular complexity index is 2670. The zero-order chi connectivity index (χ0) is 39.5. The maximum Gasteiger partial charge on any atom is 1.00 e. The van der Waals surface area contributed by atoms with Gasteiger partial charge in [-0.05, 0) is 79.7 Å². The van der Waals surface area contributed by atoms with Gasteiger partial charge < -0.3 is 14.2 Å². The van der Waals surface area contributed by atoms with Crippen molar-refractivity contribution in [2.45, 2.75) is 45.9 Å². The molecule has 6 aromatic carbocycles. The number of halogens is 3. The Balaban J connectivity index is 0.000000192. The Labute approximate surface area is 365 Å². The Morgan fingerprint density at radius 3 is 1.30 bits per heavy atom. The molecule has 0 bridgehead atoms. The van der Waals surface area contributed by atoms with E-state index in [1.54, 1.807) is 39.8 Å². The van der Waals surface area contributed by atoms with Crippen LogP contribution in [0.15, 0.2) is 146 Å². The molecule has 0 aliphatic rings. The fourth-order valence-electron chi connectivity index (χ4n) is 6.40. The number of rotatable bonds is 6. The number of alkyl halides is 3. The fraction of sp³-hybridized carbons (Fsp3) is 0.152. The van der Waals surface area contributed by atoms with Crippen molar-refractivity contribution in [2.24, 2.45) is 0 Å². The zero-order valence-corrected chi connectivity index (χ0v) is 34.8. The van der Waals surface area contributed by atoms with Crippen molar-refractivity contribution in [1.82, 2.24) is 9.13 Å². The monoisotopic (exact) mass is 778 g/mol. The molecular formula is C46H38F3KN2O4. The number of hydrogen-bond donors (Lipinski definition) is 0. The Hall–Kier alpha value is -4.68. The SMILES string of the molecule is CC(=O)c1ccc2c(c1)c1ccccc1n2-c1ccccc1.CC(C)(C)[O-].O=C(CC(=O)C(F)(F)F)c1ccc2c(c1)c1ccccc1n2-c1ccccc1.[K+]. The first kappa shape index (κ1) is 42.5. The Morgan fingerprint density at radius 1 is 0.536 bits per heavy atom. The van der Waals surface area contributed by atoms with E-state index in [1.165, 1.54) is 11.5 Å². The van der Waals surface area contributed by atoms with Gasteiger partial charge in [0.25, 0.3) is 0 Å². The van der Waals surface area contributed by atoms with E-state index in [0.717, 1.165) is 55.2 Å². The standard InChI is InChI=1S/C22H14F3NO2.C20H15NO.C4H9O.K/c23-22(24,25)21(28)13-20(27)14-10-11-19-17(12-14)16-8-4-5-9-18(16)26(19)15-6-2-1-3-7-15;1-14(22)15-11-12-20-18(13-15)17-9-5-6-10-19(17)21(20)16-7-3-2-4-8-16;1-4(2,3)5;/h1-12H,13H2;2-13H,1H3;1-3H3;/q;;-1;+1. The van der Waals surface area contributed by atoms with Gasteiger partial charge in [0.15, 0.2) is 11.6 Å². The minimum atomic E-state index is -5.01. The van der Waals surface area contributed by atoms with E-state index in [1.807, 2.05) is 108 Å². The van der Waals surface area contributed by atoms with Gasteiger partial charge in [-0.15, -0.1) is 5.60 Å². The first-order valence-corrected chi connectivity index (χ1v) is 17.6. The predicted octanol–water partition coefficient (Wildman–Crippen LogP) is 7.62.